The minimum atomic E-state index is 0.352. The number of rotatable bonds is 4. The van der Waals surface area contributed by atoms with Crippen LogP contribution in [0.25, 0.3) is 0 Å². The van der Waals surface area contributed by atoms with E-state index in [1.807, 2.05) is 12.1 Å². The third-order valence-electron chi connectivity index (χ3n) is 3.58. The van der Waals surface area contributed by atoms with Gasteiger partial charge in [-0.15, -0.1) is 0 Å². The topological polar surface area (TPSA) is 71.2 Å². The predicted octanol–water partition coefficient (Wildman–Crippen LogP) is 1.98. The molecule has 1 unspecified atom stereocenters. The van der Waals surface area contributed by atoms with E-state index in [-0.39, 0.29) is 0 Å². The molecule has 0 fully saturated rings. The average molecular weight is 259 g/mol. The summed E-state index contributed by atoms with van der Waals surface area (Å²) < 4.78 is 4.97. The number of hydrogen-bond acceptors (Lipinski definition) is 5. The molecule has 0 aliphatic heterocycles. The van der Waals surface area contributed by atoms with E-state index >= 15 is 0 Å². The van der Waals surface area contributed by atoms with Crippen LogP contribution in [-0.2, 0) is 12.8 Å². The molecular formula is C14H17N3O2. The first kappa shape index (κ1) is 12.2. The minimum absolute atomic E-state index is 0.352. The first-order chi connectivity index (χ1) is 9.33. The van der Waals surface area contributed by atoms with Crippen LogP contribution in [-0.4, -0.2) is 21.8 Å². The highest BCUT2D eigenvalue weighted by molar-refractivity contribution is 5.38. The SMILES string of the molecule is Oc1ccc2c(c1)CCCC2NCCc1ncno1. The van der Waals surface area contributed by atoms with Gasteiger partial charge in [0.15, 0.2) is 6.33 Å². The number of fused-ring (bicyclic) bond motifs is 1. The normalized spacial score (nSPS) is 18.2. The molecule has 1 aliphatic carbocycles. The second-order valence-corrected chi connectivity index (χ2v) is 4.87. The van der Waals surface area contributed by atoms with Crippen molar-refractivity contribution in [2.45, 2.75) is 31.7 Å². The van der Waals surface area contributed by atoms with Crippen LogP contribution >= 0.6 is 0 Å². The molecule has 19 heavy (non-hydrogen) atoms. The van der Waals surface area contributed by atoms with Crippen LogP contribution in [0.2, 0.25) is 0 Å². The van der Waals surface area contributed by atoms with Crippen LogP contribution in [0.15, 0.2) is 29.0 Å². The van der Waals surface area contributed by atoms with Crippen molar-refractivity contribution in [3.05, 3.63) is 41.5 Å². The maximum atomic E-state index is 9.53. The number of aryl methyl sites for hydroxylation is 1. The second-order valence-electron chi connectivity index (χ2n) is 4.87. The zero-order chi connectivity index (χ0) is 13.1. The maximum absolute atomic E-state index is 9.53. The first-order valence-corrected chi connectivity index (χ1v) is 6.63. The zero-order valence-corrected chi connectivity index (χ0v) is 10.7. The average Bonchev–Trinajstić information content (AvgIpc) is 2.92. The molecule has 2 N–H and O–H groups in total. The molecular weight excluding hydrogens is 242 g/mol. The van der Waals surface area contributed by atoms with Crippen molar-refractivity contribution in [2.75, 3.05) is 6.54 Å². The Kier molecular flexibility index (Phi) is 3.46. The number of phenolic OH excluding ortho intramolecular Hbond substituents is 1. The highest BCUT2D eigenvalue weighted by Gasteiger charge is 2.19. The van der Waals surface area contributed by atoms with Crippen molar-refractivity contribution < 1.29 is 9.63 Å². The molecule has 5 heteroatoms. The van der Waals surface area contributed by atoms with Crippen LogP contribution < -0.4 is 5.32 Å². The van der Waals surface area contributed by atoms with Crippen molar-refractivity contribution in [3.63, 3.8) is 0 Å². The van der Waals surface area contributed by atoms with Crippen molar-refractivity contribution in [1.82, 2.24) is 15.5 Å². The van der Waals surface area contributed by atoms with Gasteiger partial charge in [-0.05, 0) is 42.5 Å². The van der Waals surface area contributed by atoms with Crippen molar-refractivity contribution in [3.8, 4) is 5.75 Å². The lowest BCUT2D eigenvalue weighted by molar-refractivity contribution is 0.368. The van der Waals surface area contributed by atoms with Crippen LogP contribution in [0.1, 0.15) is 35.9 Å². The Labute approximate surface area is 111 Å². The lowest BCUT2D eigenvalue weighted by atomic mass is 9.87. The molecule has 0 spiro atoms. The van der Waals surface area contributed by atoms with Crippen molar-refractivity contribution in [2.24, 2.45) is 0 Å². The van der Waals surface area contributed by atoms with Crippen LogP contribution in [0.4, 0.5) is 0 Å². The van der Waals surface area contributed by atoms with E-state index in [2.05, 4.69) is 15.5 Å². The Morgan fingerprint density at radius 2 is 2.37 bits per heavy atom. The largest absolute Gasteiger partial charge is 0.508 e. The van der Waals surface area contributed by atoms with Gasteiger partial charge in [0.05, 0.1) is 0 Å². The summed E-state index contributed by atoms with van der Waals surface area (Å²) in [6, 6.07) is 6.01. The van der Waals surface area contributed by atoms with Gasteiger partial charge in [-0.3, -0.25) is 0 Å². The molecule has 0 bridgehead atoms. The van der Waals surface area contributed by atoms with Crippen LogP contribution in [0.5, 0.6) is 5.75 Å². The van der Waals surface area contributed by atoms with Crippen molar-refractivity contribution >= 4 is 0 Å². The Balaban J connectivity index is 1.63. The highest BCUT2D eigenvalue weighted by Crippen LogP contribution is 2.31. The number of aromatic nitrogens is 2. The molecule has 1 atom stereocenters. The van der Waals surface area contributed by atoms with E-state index in [1.54, 1.807) is 6.07 Å². The van der Waals surface area contributed by atoms with E-state index in [1.165, 1.54) is 17.5 Å². The summed E-state index contributed by atoms with van der Waals surface area (Å²) in [5.41, 5.74) is 2.55. The standard InChI is InChI=1S/C14H17N3O2/c18-11-4-5-12-10(8-11)2-1-3-13(12)15-7-6-14-16-9-17-19-14/h4-5,8-9,13,15,18H,1-3,6-7H2. The van der Waals surface area contributed by atoms with Gasteiger partial charge >= 0.3 is 0 Å². The first-order valence-electron chi connectivity index (χ1n) is 6.63. The Bertz CT molecular complexity index is 540. The molecule has 0 saturated heterocycles. The molecule has 0 radical (unpaired) electrons. The Hall–Kier alpha value is -1.88. The third kappa shape index (κ3) is 2.76. The number of nitrogens with one attached hydrogen (secondary N) is 1. The van der Waals surface area contributed by atoms with Gasteiger partial charge in [0.1, 0.15) is 5.75 Å². The lowest BCUT2D eigenvalue weighted by Crippen LogP contribution is -2.27. The summed E-state index contributed by atoms with van der Waals surface area (Å²) in [4.78, 5) is 4.00. The van der Waals surface area contributed by atoms with E-state index in [0.29, 0.717) is 17.7 Å². The monoisotopic (exact) mass is 259 g/mol. The molecule has 100 valence electrons. The van der Waals surface area contributed by atoms with Gasteiger partial charge in [0.25, 0.3) is 0 Å². The summed E-state index contributed by atoms with van der Waals surface area (Å²) in [6.07, 6.45) is 5.49. The van der Waals surface area contributed by atoms with E-state index in [9.17, 15) is 5.11 Å². The molecule has 0 amide bonds. The molecule has 5 nitrogen and oxygen atoms in total. The van der Waals surface area contributed by atoms with Gasteiger partial charge in [-0.1, -0.05) is 11.2 Å². The molecule has 1 aliphatic rings. The molecule has 2 aromatic rings. The fraction of sp³-hybridized carbons (Fsp3) is 0.429. The smallest absolute Gasteiger partial charge is 0.227 e. The van der Waals surface area contributed by atoms with E-state index in [4.69, 9.17) is 4.52 Å². The van der Waals surface area contributed by atoms with Gasteiger partial charge in [0.2, 0.25) is 5.89 Å². The third-order valence-corrected chi connectivity index (χ3v) is 3.58. The molecule has 3 rings (SSSR count). The second kappa shape index (κ2) is 5.40. The number of nitrogens with zero attached hydrogens (tertiary/aromatic N) is 2. The van der Waals surface area contributed by atoms with Crippen LogP contribution in [0, 0.1) is 0 Å². The minimum Gasteiger partial charge on any atom is -0.508 e. The Morgan fingerprint density at radius 1 is 1.42 bits per heavy atom. The highest BCUT2D eigenvalue weighted by atomic mass is 16.5. The van der Waals surface area contributed by atoms with Crippen LogP contribution in [0.3, 0.4) is 0 Å². The van der Waals surface area contributed by atoms with Gasteiger partial charge in [0, 0.05) is 19.0 Å². The fourth-order valence-corrected chi connectivity index (χ4v) is 2.67. The maximum Gasteiger partial charge on any atom is 0.227 e. The lowest BCUT2D eigenvalue weighted by Gasteiger charge is -2.26. The predicted molar refractivity (Wildman–Crippen MR) is 69.8 cm³/mol. The number of hydrogen-bond donors (Lipinski definition) is 2. The summed E-state index contributed by atoms with van der Waals surface area (Å²) in [6.45, 7) is 0.813. The number of benzene rings is 1. The zero-order valence-electron chi connectivity index (χ0n) is 10.7. The summed E-state index contributed by atoms with van der Waals surface area (Å²) >= 11 is 0. The van der Waals surface area contributed by atoms with Gasteiger partial charge < -0.3 is 14.9 Å². The quantitative estimate of drug-likeness (QED) is 0.878. The summed E-state index contributed by atoms with van der Waals surface area (Å²) in [7, 11) is 0. The summed E-state index contributed by atoms with van der Waals surface area (Å²) in [5.74, 6) is 1.01. The molecule has 1 heterocycles. The fourth-order valence-electron chi connectivity index (χ4n) is 2.67. The van der Waals surface area contributed by atoms with Gasteiger partial charge in [-0.25, -0.2) is 0 Å². The number of phenols is 1. The van der Waals surface area contributed by atoms with Gasteiger partial charge in [-0.2, -0.15) is 4.98 Å². The van der Waals surface area contributed by atoms with E-state index in [0.717, 1.165) is 32.2 Å². The number of aromatic hydroxyl groups is 1. The molecule has 1 aromatic heterocycles. The molecule has 0 saturated carbocycles. The Morgan fingerprint density at radius 3 is 3.21 bits per heavy atom. The molecule has 1 aromatic carbocycles. The van der Waals surface area contributed by atoms with E-state index < -0.39 is 0 Å². The summed E-state index contributed by atoms with van der Waals surface area (Å²) in [5, 5.41) is 16.6. The van der Waals surface area contributed by atoms with Crippen molar-refractivity contribution in [1.29, 1.82) is 0 Å².